The molecule has 15 heavy (non-hydrogen) atoms. The first-order valence-electron chi connectivity index (χ1n) is 6.03. The van der Waals surface area contributed by atoms with Crippen LogP contribution >= 0.6 is 0 Å². The molecule has 3 atom stereocenters. The normalized spacial score (nSPS) is 36.2. The van der Waals surface area contributed by atoms with Crippen molar-refractivity contribution in [2.75, 3.05) is 13.2 Å². The molecule has 2 rings (SSSR count). The van der Waals surface area contributed by atoms with Crippen LogP contribution in [-0.2, 0) is 9.47 Å². The molecule has 0 aromatic carbocycles. The Hall–Kier alpha value is -0.150. The average molecular weight is 216 g/mol. The molecule has 1 heterocycles. The first kappa shape index (κ1) is 11.3. The molecule has 0 aromatic rings. The van der Waals surface area contributed by atoms with Crippen molar-refractivity contribution in [2.45, 2.75) is 51.5 Å². The fraction of sp³-hybridized carbons (Fsp3) is 1.00. The van der Waals surface area contributed by atoms with E-state index in [1.807, 2.05) is 0 Å². The molecule has 1 aliphatic heterocycles. The van der Waals surface area contributed by atoms with Crippen LogP contribution in [0, 0.1) is 11.8 Å². The number of ether oxygens (including phenoxy) is 2. The number of halogens is 1. The highest BCUT2D eigenvalue weighted by molar-refractivity contribution is 4.90. The van der Waals surface area contributed by atoms with Gasteiger partial charge < -0.3 is 9.47 Å². The molecule has 0 radical (unpaired) electrons. The van der Waals surface area contributed by atoms with E-state index in [0.717, 1.165) is 32.5 Å². The minimum absolute atomic E-state index is 0.302. The zero-order chi connectivity index (χ0) is 10.9. The van der Waals surface area contributed by atoms with E-state index in [9.17, 15) is 4.39 Å². The molecule has 1 spiro atoms. The van der Waals surface area contributed by atoms with E-state index in [1.54, 1.807) is 6.92 Å². The Labute approximate surface area is 91.1 Å². The van der Waals surface area contributed by atoms with Crippen LogP contribution in [-0.4, -0.2) is 25.2 Å². The molecular weight excluding hydrogens is 195 g/mol. The van der Waals surface area contributed by atoms with E-state index in [1.165, 1.54) is 0 Å². The third-order valence-electron chi connectivity index (χ3n) is 3.76. The minimum atomic E-state index is -0.681. The van der Waals surface area contributed by atoms with E-state index >= 15 is 0 Å². The molecule has 1 aliphatic carbocycles. The highest BCUT2D eigenvalue weighted by atomic mass is 19.1. The van der Waals surface area contributed by atoms with Crippen LogP contribution in [0.1, 0.15) is 39.5 Å². The Balaban J connectivity index is 1.86. The van der Waals surface area contributed by atoms with Gasteiger partial charge in [-0.25, -0.2) is 4.39 Å². The lowest BCUT2D eigenvalue weighted by Gasteiger charge is -2.21. The van der Waals surface area contributed by atoms with Crippen LogP contribution in [0.25, 0.3) is 0 Å². The maximum atomic E-state index is 12.8. The second kappa shape index (κ2) is 4.38. The molecule has 88 valence electrons. The van der Waals surface area contributed by atoms with Crippen molar-refractivity contribution >= 4 is 0 Å². The van der Waals surface area contributed by atoms with Crippen molar-refractivity contribution in [1.29, 1.82) is 0 Å². The Morgan fingerprint density at radius 2 is 2.00 bits per heavy atom. The SMILES string of the molecule is C[C@@H]1CC2(CC1CC[C@@H](C)F)OCCO2. The van der Waals surface area contributed by atoms with E-state index in [-0.39, 0.29) is 5.79 Å². The second-order valence-electron chi connectivity index (χ2n) is 5.11. The van der Waals surface area contributed by atoms with E-state index in [4.69, 9.17) is 9.47 Å². The molecular formula is C12H21FO2. The van der Waals surface area contributed by atoms with Gasteiger partial charge in [0.25, 0.3) is 0 Å². The van der Waals surface area contributed by atoms with Gasteiger partial charge in [0, 0.05) is 12.8 Å². The molecule has 2 aliphatic rings. The summed E-state index contributed by atoms with van der Waals surface area (Å²) in [5.74, 6) is 0.868. The lowest BCUT2D eigenvalue weighted by atomic mass is 9.92. The van der Waals surface area contributed by atoms with Crippen LogP contribution < -0.4 is 0 Å². The minimum Gasteiger partial charge on any atom is -0.348 e. The van der Waals surface area contributed by atoms with Gasteiger partial charge >= 0.3 is 0 Å². The Bertz CT molecular complexity index is 212. The molecule has 0 bridgehead atoms. The van der Waals surface area contributed by atoms with Crippen LogP contribution in [0.2, 0.25) is 0 Å². The molecule has 0 amide bonds. The monoisotopic (exact) mass is 216 g/mol. The van der Waals surface area contributed by atoms with Gasteiger partial charge in [-0.15, -0.1) is 0 Å². The number of hydrogen-bond acceptors (Lipinski definition) is 2. The highest BCUT2D eigenvalue weighted by Crippen LogP contribution is 2.46. The van der Waals surface area contributed by atoms with Crippen LogP contribution in [0.5, 0.6) is 0 Å². The van der Waals surface area contributed by atoms with Crippen molar-refractivity contribution in [1.82, 2.24) is 0 Å². The molecule has 0 N–H and O–H groups in total. The summed E-state index contributed by atoms with van der Waals surface area (Å²) in [6.45, 7) is 5.31. The maximum absolute atomic E-state index is 12.8. The van der Waals surface area contributed by atoms with Crippen molar-refractivity contribution in [3.05, 3.63) is 0 Å². The van der Waals surface area contributed by atoms with Crippen LogP contribution in [0.3, 0.4) is 0 Å². The van der Waals surface area contributed by atoms with E-state index in [0.29, 0.717) is 18.3 Å². The summed E-state index contributed by atoms with van der Waals surface area (Å²) >= 11 is 0. The lowest BCUT2D eigenvalue weighted by molar-refractivity contribution is -0.154. The summed E-state index contributed by atoms with van der Waals surface area (Å²) in [5.41, 5.74) is 0. The zero-order valence-corrected chi connectivity index (χ0v) is 9.67. The maximum Gasteiger partial charge on any atom is 0.169 e. The fourth-order valence-corrected chi connectivity index (χ4v) is 2.90. The predicted molar refractivity (Wildman–Crippen MR) is 56.3 cm³/mol. The first-order valence-corrected chi connectivity index (χ1v) is 6.03. The number of alkyl halides is 1. The van der Waals surface area contributed by atoms with Crippen LogP contribution in [0.4, 0.5) is 4.39 Å². The van der Waals surface area contributed by atoms with Crippen molar-refractivity contribution in [3.8, 4) is 0 Å². The summed E-state index contributed by atoms with van der Waals surface area (Å²) < 4.78 is 24.2. The van der Waals surface area contributed by atoms with Gasteiger partial charge in [0.05, 0.1) is 19.4 Å². The van der Waals surface area contributed by atoms with Gasteiger partial charge in [0.15, 0.2) is 5.79 Å². The number of rotatable bonds is 3. The molecule has 1 unspecified atom stereocenters. The smallest absolute Gasteiger partial charge is 0.169 e. The predicted octanol–water partition coefficient (Wildman–Crippen LogP) is 2.91. The topological polar surface area (TPSA) is 18.5 Å². The molecule has 3 heteroatoms. The largest absolute Gasteiger partial charge is 0.348 e. The molecule has 1 saturated carbocycles. The Morgan fingerprint density at radius 3 is 2.60 bits per heavy atom. The fourth-order valence-electron chi connectivity index (χ4n) is 2.90. The first-order chi connectivity index (χ1) is 7.11. The standard InChI is InChI=1S/C12H21FO2/c1-9-7-12(14-5-6-15-12)8-11(9)4-3-10(2)13/h9-11H,3-8H2,1-2H3/t9-,10-,11?/m1/s1. The Morgan fingerprint density at radius 1 is 1.33 bits per heavy atom. The quantitative estimate of drug-likeness (QED) is 0.722. The zero-order valence-electron chi connectivity index (χ0n) is 9.67. The van der Waals surface area contributed by atoms with Crippen molar-refractivity contribution in [2.24, 2.45) is 11.8 Å². The van der Waals surface area contributed by atoms with Crippen molar-refractivity contribution in [3.63, 3.8) is 0 Å². The second-order valence-corrected chi connectivity index (χ2v) is 5.11. The highest BCUT2D eigenvalue weighted by Gasteiger charge is 2.47. The van der Waals surface area contributed by atoms with Gasteiger partial charge in [-0.1, -0.05) is 6.92 Å². The van der Waals surface area contributed by atoms with Gasteiger partial charge in [-0.3, -0.25) is 0 Å². The van der Waals surface area contributed by atoms with Crippen molar-refractivity contribution < 1.29 is 13.9 Å². The summed E-state index contributed by atoms with van der Waals surface area (Å²) in [6.07, 6.45) is 2.90. The number of hydrogen-bond donors (Lipinski definition) is 0. The Kier molecular flexibility index (Phi) is 3.31. The third-order valence-corrected chi connectivity index (χ3v) is 3.76. The van der Waals surface area contributed by atoms with E-state index < -0.39 is 6.17 Å². The third kappa shape index (κ3) is 2.51. The van der Waals surface area contributed by atoms with Gasteiger partial charge in [-0.2, -0.15) is 0 Å². The van der Waals surface area contributed by atoms with Gasteiger partial charge in [0.2, 0.25) is 0 Å². The molecule has 2 nitrogen and oxygen atoms in total. The molecule has 1 saturated heterocycles. The lowest BCUT2D eigenvalue weighted by Crippen LogP contribution is -2.26. The summed E-state index contributed by atoms with van der Waals surface area (Å²) in [5, 5.41) is 0. The average Bonchev–Trinajstić information content (AvgIpc) is 2.72. The summed E-state index contributed by atoms with van der Waals surface area (Å²) in [7, 11) is 0. The van der Waals surface area contributed by atoms with Gasteiger partial charge in [0.1, 0.15) is 0 Å². The summed E-state index contributed by atoms with van der Waals surface area (Å²) in [6, 6.07) is 0. The van der Waals surface area contributed by atoms with E-state index in [2.05, 4.69) is 6.92 Å². The van der Waals surface area contributed by atoms with Gasteiger partial charge in [-0.05, 0) is 31.6 Å². The molecule has 0 aromatic heterocycles. The van der Waals surface area contributed by atoms with Crippen LogP contribution in [0.15, 0.2) is 0 Å². The molecule has 2 fully saturated rings. The summed E-state index contributed by atoms with van der Waals surface area (Å²) in [4.78, 5) is 0.